The van der Waals surface area contributed by atoms with Crippen molar-refractivity contribution in [2.45, 2.75) is 32.7 Å². The first-order chi connectivity index (χ1) is 7.85. The van der Waals surface area contributed by atoms with Crippen LogP contribution in [0.25, 0.3) is 0 Å². The second kappa shape index (κ2) is 5.35. The summed E-state index contributed by atoms with van der Waals surface area (Å²) < 4.78 is 0. The van der Waals surface area contributed by atoms with E-state index < -0.39 is 24.6 Å². The molecule has 1 atom stereocenters. The zero-order valence-corrected chi connectivity index (χ0v) is 10.3. The summed E-state index contributed by atoms with van der Waals surface area (Å²) >= 11 is 0. The van der Waals surface area contributed by atoms with Crippen LogP contribution in [0, 0.1) is 5.41 Å². The number of rotatable bonds is 3. The minimum atomic E-state index is -1.23. The number of carbonyl (C=O) groups is 2. The number of aliphatic hydroxyl groups is 1. The summed E-state index contributed by atoms with van der Waals surface area (Å²) in [4.78, 5) is 24.1. The Kier molecular flexibility index (Phi) is 4.34. The van der Waals surface area contributed by atoms with Gasteiger partial charge in [-0.1, -0.05) is 13.8 Å². The summed E-state index contributed by atoms with van der Waals surface area (Å²) in [5, 5.41) is 19.9. The molecular formula is C11H20N2O4. The summed E-state index contributed by atoms with van der Waals surface area (Å²) in [6.07, 6.45) is 1.97. The van der Waals surface area contributed by atoms with Crippen molar-refractivity contribution in [1.29, 1.82) is 0 Å². The van der Waals surface area contributed by atoms with Crippen LogP contribution in [-0.4, -0.2) is 52.9 Å². The molecule has 17 heavy (non-hydrogen) atoms. The van der Waals surface area contributed by atoms with Crippen molar-refractivity contribution in [3.05, 3.63) is 0 Å². The molecule has 1 heterocycles. The van der Waals surface area contributed by atoms with Gasteiger partial charge in [0.15, 0.2) is 6.04 Å². The molecule has 1 aliphatic heterocycles. The largest absolute Gasteiger partial charge is 0.480 e. The fourth-order valence-corrected chi connectivity index (χ4v) is 2.02. The van der Waals surface area contributed by atoms with Gasteiger partial charge in [-0.05, 0) is 18.3 Å². The van der Waals surface area contributed by atoms with E-state index in [0.717, 1.165) is 12.8 Å². The highest BCUT2D eigenvalue weighted by molar-refractivity contribution is 5.82. The molecule has 3 N–H and O–H groups in total. The fourth-order valence-electron chi connectivity index (χ4n) is 2.02. The van der Waals surface area contributed by atoms with Crippen LogP contribution in [0.5, 0.6) is 0 Å². The Morgan fingerprint density at radius 3 is 2.59 bits per heavy atom. The smallest absolute Gasteiger partial charge is 0.328 e. The van der Waals surface area contributed by atoms with Gasteiger partial charge in [0.2, 0.25) is 0 Å². The van der Waals surface area contributed by atoms with Crippen molar-refractivity contribution >= 4 is 12.0 Å². The Balaban J connectivity index is 2.55. The summed E-state index contributed by atoms with van der Waals surface area (Å²) in [6, 6.07) is -1.65. The number of hydrogen-bond acceptors (Lipinski definition) is 3. The number of amides is 2. The normalized spacial score (nSPS) is 20.8. The maximum atomic E-state index is 11.8. The maximum absolute atomic E-state index is 11.8. The fraction of sp³-hybridized carbons (Fsp3) is 0.818. The van der Waals surface area contributed by atoms with Gasteiger partial charge < -0.3 is 20.4 Å². The molecule has 0 aliphatic carbocycles. The van der Waals surface area contributed by atoms with E-state index in [1.54, 1.807) is 4.90 Å². The molecule has 1 rings (SSSR count). The number of aliphatic carboxylic acids is 1. The zero-order chi connectivity index (χ0) is 13.1. The lowest BCUT2D eigenvalue weighted by Gasteiger charge is -2.38. The Morgan fingerprint density at radius 1 is 1.47 bits per heavy atom. The summed E-state index contributed by atoms with van der Waals surface area (Å²) in [7, 11) is 0. The third-order valence-corrected chi connectivity index (χ3v) is 2.97. The molecule has 0 spiro atoms. The minimum Gasteiger partial charge on any atom is -0.480 e. The highest BCUT2D eigenvalue weighted by Crippen LogP contribution is 2.28. The molecule has 0 aromatic rings. The molecule has 0 unspecified atom stereocenters. The van der Waals surface area contributed by atoms with Crippen molar-refractivity contribution in [2.24, 2.45) is 5.41 Å². The lowest BCUT2D eigenvalue weighted by molar-refractivity contribution is -0.140. The highest BCUT2D eigenvalue weighted by Gasteiger charge is 2.30. The molecule has 2 amide bonds. The molecule has 1 saturated heterocycles. The van der Waals surface area contributed by atoms with Crippen LogP contribution in [0.15, 0.2) is 0 Å². The van der Waals surface area contributed by atoms with Crippen molar-refractivity contribution in [3.63, 3.8) is 0 Å². The maximum Gasteiger partial charge on any atom is 0.328 e. The van der Waals surface area contributed by atoms with E-state index in [1.165, 1.54) is 0 Å². The monoisotopic (exact) mass is 244 g/mol. The second-order valence-corrected chi connectivity index (χ2v) is 5.21. The van der Waals surface area contributed by atoms with E-state index in [9.17, 15) is 9.59 Å². The molecule has 0 aromatic heterocycles. The third kappa shape index (κ3) is 3.89. The van der Waals surface area contributed by atoms with E-state index in [-0.39, 0.29) is 5.41 Å². The van der Waals surface area contributed by atoms with Gasteiger partial charge in [-0.25, -0.2) is 9.59 Å². The first-order valence-corrected chi connectivity index (χ1v) is 5.75. The topological polar surface area (TPSA) is 89.9 Å². The van der Waals surface area contributed by atoms with Gasteiger partial charge >= 0.3 is 12.0 Å². The predicted molar refractivity (Wildman–Crippen MR) is 61.6 cm³/mol. The Hall–Kier alpha value is -1.30. The minimum absolute atomic E-state index is 0.0630. The predicted octanol–water partition coefficient (Wildman–Crippen LogP) is 0.263. The molecule has 1 fully saturated rings. The van der Waals surface area contributed by atoms with E-state index >= 15 is 0 Å². The van der Waals surface area contributed by atoms with Crippen LogP contribution in [-0.2, 0) is 4.79 Å². The van der Waals surface area contributed by atoms with Crippen molar-refractivity contribution in [1.82, 2.24) is 10.2 Å². The number of aliphatic hydroxyl groups excluding tert-OH is 1. The summed E-state index contributed by atoms with van der Waals surface area (Å²) in [6.45, 7) is 4.79. The van der Waals surface area contributed by atoms with Gasteiger partial charge in [0, 0.05) is 13.1 Å². The van der Waals surface area contributed by atoms with Crippen LogP contribution < -0.4 is 5.32 Å². The number of likely N-dealkylation sites (tertiary alicyclic amines) is 1. The third-order valence-electron chi connectivity index (χ3n) is 2.97. The SMILES string of the molecule is CC1(C)CCCN(C(=O)N[C@H](CO)C(=O)O)C1. The molecule has 0 radical (unpaired) electrons. The average Bonchev–Trinajstić information content (AvgIpc) is 2.23. The Bertz CT molecular complexity index is 304. The molecule has 0 aromatic carbocycles. The first kappa shape index (κ1) is 13.8. The Morgan fingerprint density at radius 2 is 2.12 bits per heavy atom. The van der Waals surface area contributed by atoms with Gasteiger partial charge in [-0.2, -0.15) is 0 Å². The standard InChI is InChI=1S/C11H20N2O4/c1-11(2)4-3-5-13(7-11)10(17)12-8(6-14)9(15)16/h8,14H,3-7H2,1-2H3,(H,12,17)(H,15,16)/t8-/m1/s1. The quantitative estimate of drug-likeness (QED) is 0.664. The van der Waals surface area contributed by atoms with Gasteiger partial charge in [0.1, 0.15) is 0 Å². The van der Waals surface area contributed by atoms with Crippen LogP contribution >= 0.6 is 0 Å². The van der Waals surface area contributed by atoms with Crippen molar-refractivity contribution in [2.75, 3.05) is 19.7 Å². The molecule has 0 saturated carbocycles. The van der Waals surface area contributed by atoms with Gasteiger partial charge in [-0.15, -0.1) is 0 Å². The number of nitrogens with zero attached hydrogens (tertiary/aromatic N) is 1. The van der Waals surface area contributed by atoms with E-state index in [0.29, 0.717) is 13.1 Å². The summed E-state index contributed by atoms with van der Waals surface area (Å²) in [5.74, 6) is -1.22. The average molecular weight is 244 g/mol. The van der Waals surface area contributed by atoms with Crippen LogP contribution in [0.4, 0.5) is 4.79 Å². The number of carbonyl (C=O) groups excluding carboxylic acids is 1. The van der Waals surface area contributed by atoms with Gasteiger partial charge in [-0.3, -0.25) is 0 Å². The number of urea groups is 1. The van der Waals surface area contributed by atoms with E-state index in [2.05, 4.69) is 19.2 Å². The van der Waals surface area contributed by atoms with Crippen LogP contribution in [0.1, 0.15) is 26.7 Å². The number of piperidine rings is 1. The molecule has 98 valence electrons. The molecule has 6 nitrogen and oxygen atoms in total. The number of nitrogens with one attached hydrogen (secondary N) is 1. The summed E-state index contributed by atoms with van der Waals surface area (Å²) in [5.41, 5.74) is 0.0630. The van der Waals surface area contributed by atoms with Gasteiger partial charge in [0.05, 0.1) is 6.61 Å². The van der Waals surface area contributed by atoms with Crippen LogP contribution in [0.3, 0.4) is 0 Å². The first-order valence-electron chi connectivity index (χ1n) is 5.75. The molecule has 1 aliphatic rings. The van der Waals surface area contributed by atoms with Crippen LogP contribution in [0.2, 0.25) is 0 Å². The lowest BCUT2D eigenvalue weighted by Crippen LogP contribution is -2.53. The molecular weight excluding hydrogens is 224 g/mol. The van der Waals surface area contributed by atoms with Crippen molar-refractivity contribution < 1.29 is 19.8 Å². The Labute approximate surface area is 101 Å². The van der Waals surface area contributed by atoms with Gasteiger partial charge in [0.25, 0.3) is 0 Å². The van der Waals surface area contributed by atoms with E-state index in [1.807, 2.05) is 0 Å². The second-order valence-electron chi connectivity index (χ2n) is 5.21. The zero-order valence-electron chi connectivity index (χ0n) is 10.3. The van der Waals surface area contributed by atoms with Crippen molar-refractivity contribution in [3.8, 4) is 0 Å². The molecule has 6 heteroatoms. The highest BCUT2D eigenvalue weighted by atomic mass is 16.4. The number of hydrogen-bond donors (Lipinski definition) is 3. The number of carboxylic acid groups (broad SMARTS) is 1. The van der Waals surface area contributed by atoms with E-state index in [4.69, 9.17) is 10.2 Å². The molecule has 0 bridgehead atoms. The lowest BCUT2D eigenvalue weighted by atomic mass is 9.84. The number of carboxylic acids is 1.